The summed E-state index contributed by atoms with van der Waals surface area (Å²) < 4.78 is 11.1. The third-order valence-corrected chi connectivity index (χ3v) is 5.66. The van der Waals surface area contributed by atoms with Crippen LogP contribution in [-0.2, 0) is 4.74 Å². The Labute approximate surface area is 160 Å². The maximum Gasteiger partial charge on any atom is 0.375 e. The normalized spacial score (nSPS) is 11.2. The highest BCUT2D eigenvalue weighted by molar-refractivity contribution is 7.12. The fourth-order valence-electron chi connectivity index (χ4n) is 3.33. The third kappa shape index (κ3) is 3.04. The van der Waals surface area contributed by atoms with Crippen molar-refractivity contribution in [2.75, 3.05) is 6.61 Å². The van der Waals surface area contributed by atoms with Gasteiger partial charge in [-0.25, -0.2) is 4.79 Å². The van der Waals surface area contributed by atoms with Crippen molar-refractivity contribution in [3.8, 4) is 0 Å². The fraction of sp³-hybridized carbons (Fsp3) is 0.182. The van der Waals surface area contributed by atoms with E-state index in [1.54, 1.807) is 11.3 Å². The minimum atomic E-state index is -0.620. The standard InChI is InChI=1S/C22H18O4S/c1-12-10-18(14(3)27-12)19(23)11-25-22(24)20-13(2)16-9-8-15-6-4-5-7-17(15)21(16)26-20/h4-10H,11H2,1-3H3. The third-order valence-electron chi connectivity index (χ3n) is 4.69. The van der Waals surface area contributed by atoms with Gasteiger partial charge in [0, 0.05) is 31.7 Å². The number of fused-ring (bicyclic) bond motifs is 3. The molecule has 2 aromatic carbocycles. The van der Waals surface area contributed by atoms with Crippen molar-refractivity contribution in [2.24, 2.45) is 0 Å². The van der Waals surface area contributed by atoms with Crippen molar-refractivity contribution in [3.05, 3.63) is 69.1 Å². The molecule has 2 aromatic heterocycles. The lowest BCUT2D eigenvalue weighted by Gasteiger charge is -2.03. The van der Waals surface area contributed by atoms with Gasteiger partial charge in [-0.3, -0.25) is 4.79 Å². The molecule has 4 rings (SSSR count). The second kappa shape index (κ2) is 6.67. The SMILES string of the molecule is Cc1cc(C(=O)COC(=O)c2oc3c(ccc4ccccc43)c2C)c(C)s1. The molecule has 0 unspecified atom stereocenters. The van der Waals surface area contributed by atoms with Crippen LogP contribution in [0, 0.1) is 20.8 Å². The first-order valence-electron chi connectivity index (χ1n) is 8.64. The van der Waals surface area contributed by atoms with Crippen LogP contribution in [0.2, 0.25) is 0 Å². The Morgan fingerprint density at radius 2 is 1.81 bits per heavy atom. The number of Topliss-reactive ketones (excluding diaryl/α,β-unsaturated/α-hetero) is 1. The molecule has 4 aromatic rings. The molecule has 0 aliphatic carbocycles. The second-order valence-corrected chi connectivity index (χ2v) is 8.01. The molecule has 0 saturated heterocycles. The van der Waals surface area contributed by atoms with E-state index in [0.29, 0.717) is 11.1 Å². The van der Waals surface area contributed by atoms with E-state index >= 15 is 0 Å². The predicted molar refractivity (Wildman–Crippen MR) is 107 cm³/mol. The van der Waals surface area contributed by atoms with Crippen LogP contribution < -0.4 is 0 Å². The number of ether oxygens (including phenoxy) is 1. The molecule has 2 heterocycles. The molecule has 0 aliphatic heterocycles. The number of hydrogen-bond donors (Lipinski definition) is 0. The Bertz CT molecular complexity index is 1200. The van der Waals surface area contributed by atoms with Gasteiger partial charge in [-0.2, -0.15) is 0 Å². The Hall–Kier alpha value is -2.92. The van der Waals surface area contributed by atoms with E-state index in [0.717, 1.165) is 31.5 Å². The van der Waals surface area contributed by atoms with Crippen molar-refractivity contribution in [1.82, 2.24) is 0 Å². The average Bonchev–Trinajstić information content (AvgIpc) is 3.18. The Balaban J connectivity index is 1.61. The van der Waals surface area contributed by atoms with Crippen LogP contribution in [0.5, 0.6) is 0 Å². The number of carbonyl (C=O) groups is 2. The van der Waals surface area contributed by atoms with Gasteiger partial charge in [0.15, 0.2) is 6.61 Å². The molecule has 136 valence electrons. The van der Waals surface area contributed by atoms with Crippen molar-refractivity contribution in [2.45, 2.75) is 20.8 Å². The molecule has 0 aliphatic rings. The van der Waals surface area contributed by atoms with E-state index in [4.69, 9.17) is 9.15 Å². The molecule has 0 atom stereocenters. The number of furan rings is 1. The van der Waals surface area contributed by atoms with Gasteiger partial charge in [0.1, 0.15) is 5.58 Å². The lowest BCUT2D eigenvalue weighted by atomic mass is 10.1. The summed E-state index contributed by atoms with van der Waals surface area (Å²) >= 11 is 1.55. The van der Waals surface area contributed by atoms with Gasteiger partial charge in [-0.15, -0.1) is 11.3 Å². The summed E-state index contributed by atoms with van der Waals surface area (Å²) in [7, 11) is 0. The molecular formula is C22H18O4S. The van der Waals surface area contributed by atoms with Gasteiger partial charge in [0.05, 0.1) is 0 Å². The number of aryl methyl sites for hydroxylation is 3. The largest absolute Gasteiger partial charge is 0.451 e. The number of ketones is 1. The van der Waals surface area contributed by atoms with Crippen molar-refractivity contribution in [3.63, 3.8) is 0 Å². The van der Waals surface area contributed by atoms with Gasteiger partial charge in [0.25, 0.3) is 0 Å². The lowest BCUT2D eigenvalue weighted by Crippen LogP contribution is -2.14. The maximum atomic E-state index is 12.5. The van der Waals surface area contributed by atoms with E-state index in [-0.39, 0.29) is 18.2 Å². The van der Waals surface area contributed by atoms with Crippen molar-refractivity contribution in [1.29, 1.82) is 0 Å². The molecule has 0 spiro atoms. The zero-order valence-electron chi connectivity index (χ0n) is 15.3. The van der Waals surface area contributed by atoms with Gasteiger partial charge in [0.2, 0.25) is 11.5 Å². The highest BCUT2D eigenvalue weighted by Crippen LogP contribution is 2.32. The summed E-state index contributed by atoms with van der Waals surface area (Å²) in [5, 5.41) is 2.85. The smallest absolute Gasteiger partial charge is 0.375 e. The van der Waals surface area contributed by atoms with Crippen LogP contribution >= 0.6 is 11.3 Å². The quantitative estimate of drug-likeness (QED) is 0.342. The van der Waals surface area contributed by atoms with E-state index in [2.05, 4.69) is 0 Å². The zero-order chi connectivity index (χ0) is 19.1. The first kappa shape index (κ1) is 17.5. The molecule has 5 heteroatoms. The monoisotopic (exact) mass is 378 g/mol. The maximum absolute atomic E-state index is 12.5. The molecule has 27 heavy (non-hydrogen) atoms. The van der Waals surface area contributed by atoms with E-state index < -0.39 is 5.97 Å². The zero-order valence-corrected chi connectivity index (χ0v) is 16.1. The number of esters is 1. The van der Waals surface area contributed by atoms with Gasteiger partial charge < -0.3 is 9.15 Å². The van der Waals surface area contributed by atoms with Crippen LogP contribution in [0.15, 0.2) is 46.9 Å². The average molecular weight is 378 g/mol. The summed E-state index contributed by atoms with van der Waals surface area (Å²) in [5.41, 5.74) is 1.99. The first-order chi connectivity index (χ1) is 13.0. The minimum absolute atomic E-state index is 0.146. The second-order valence-electron chi connectivity index (χ2n) is 6.55. The highest BCUT2D eigenvalue weighted by Gasteiger charge is 2.22. The predicted octanol–water partition coefficient (Wildman–Crippen LogP) is 5.61. The van der Waals surface area contributed by atoms with E-state index in [1.807, 2.05) is 63.2 Å². The molecule has 0 bridgehead atoms. The lowest BCUT2D eigenvalue weighted by molar-refractivity contribution is 0.0445. The van der Waals surface area contributed by atoms with Crippen LogP contribution in [-0.4, -0.2) is 18.4 Å². The number of thiophene rings is 1. The van der Waals surface area contributed by atoms with Gasteiger partial charge in [-0.1, -0.05) is 36.4 Å². The fourth-order valence-corrected chi connectivity index (χ4v) is 4.27. The van der Waals surface area contributed by atoms with E-state index in [1.165, 1.54) is 0 Å². The minimum Gasteiger partial charge on any atom is -0.451 e. The van der Waals surface area contributed by atoms with Crippen LogP contribution in [0.3, 0.4) is 0 Å². The first-order valence-corrected chi connectivity index (χ1v) is 9.45. The Morgan fingerprint density at radius 1 is 1.04 bits per heavy atom. The molecule has 0 radical (unpaired) electrons. The highest BCUT2D eigenvalue weighted by atomic mass is 32.1. The molecular weight excluding hydrogens is 360 g/mol. The number of carbonyl (C=O) groups excluding carboxylic acids is 2. The van der Waals surface area contributed by atoms with Gasteiger partial charge >= 0.3 is 5.97 Å². The summed E-state index contributed by atoms with van der Waals surface area (Å²) in [6, 6.07) is 13.6. The van der Waals surface area contributed by atoms with Crippen LogP contribution in [0.4, 0.5) is 0 Å². The molecule has 4 nitrogen and oxygen atoms in total. The summed E-state index contributed by atoms with van der Waals surface area (Å²) in [6.45, 7) is 5.36. The Kier molecular flexibility index (Phi) is 4.32. The number of benzene rings is 2. The van der Waals surface area contributed by atoms with Gasteiger partial charge in [-0.05, 0) is 32.2 Å². The molecule has 0 saturated carbocycles. The summed E-state index contributed by atoms with van der Waals surface area (Å²) in [6.07, 6.45) is 0. The molecule has 0 fully saturated rings. The summed E-state index contributed by atoms with van der Waals surface area (Å²) in [4.78, 5) is 26.9. The topological polar surface area (TPSA) is 56.5 Å². The Morgan fingerprint density at radius 3 is 2.56 bits per heavy atom. The number of hydrogen-bond acceptors (Lipinski definition) is 5. The van der Waals surface area contributed by atoms with Crippen molar-refractivity contribution < 1.29 is 18.7 Å². The van der Waals surface area contributed by atoms with Crippen LogP contribution in [0.1, 0.15) is 36.2 Å². The van der Waals surface area contributed by atoms with Crippen molar-refractivity contribution >= 4 is 44.8 Å². The van der Waals surface area contributed by atoms with Crippen LogP contribution in [0.25, 0.3) is 21.7 Å². The van der Waals surface area contributed by atoms with E-state index in [9.17, 15) is 9.59 Å². The molecule has 0 N–H and O–H groups in total. The summed E-state index contributed by atoms with van der Waals surface area (Å²) in [5.74, 6) is -0.678. The number of rotatable bonds is 4. The molecule has 0 amide bonds.